The topological polar surface area (TPSA) is 26.3 Å². The minimum Gasteiger partial charge on any atom is -0.463 e. The maximum absolute atomic E-state index is 11.0. The maximum Gasteiger partial charge on any atom is 0.330 e. The predicted octanol–water partition coefficient (Wildman–Crippen LogP) is 2.54. The molecule has 1 atom stereocenters. The molecule has 1 aliphatic carbocycles. The van der Waals surface area contributed by atoms with Gasteiger partial charge in [0.15, 0.2) is 0 Å². The van der Waals surface area contributed by atoms with Gasteiger partial charge >= 0.3 is 5.97 Å². The summed E-state index contributed by atoms with van der Waals surface area (Å²) in [6.07, 6.45) is 5.60. The monoisotopic (exact) mass is 182 g/mol. The van der Waals surface area contributed by atoms with Gasteiger partial charge in [-0.25, -0.2) is 4.79 Å². The molecule has 0 aromatic carbocycles. The molecule has 74 valence electrons. The van der Waals surface area contributed by atoms with Crippen molar-refractivity contribution in [2.24, 2.45) is 11.3 Å². The molecule has 1 saturated carbocycles. The van der Waals surface area contributed by atoms with Crippen LogP contribution in [0.25, 0.3) is 0 Å². The Bertz CT molecular complexity index is 216. The van der Waals surface area contributed by atoms with Crippen LogP contribution in [-0.4, -0.2) is 12.6 Å². The Morgan fingerprint density at radius 1 is 1.62 bits per heavy atom. The Kier molecular flexibility index (Phi) is 3.12. The van der Waals surface area contributed by atoms with Crippen molar-refractivity contribution in [2.45, 2.75) is 33.6 Å². The molecular weight excluding hydrogens is 164 g/mol. The molecule has 0 heterocycles. The van der Waals surface area contributed by atoms with Crippen LogP contribution >= 0.6 is 0 Å². The van der Waals surface area contributed by atoms with E-state index in [-0.39, 0.29) is 5.97 Å². The molecule has 1 fully saturated rings. The fourth-order valence-electron chi connectivity index (χ4n) is 1.28. The van der Waals surface area contributed by atoms with Crippen LogP contribution < -0.4 is 0 Å². The van der Waals surface area contributed by atoms with E-state index in [9.17, 15) is 4.79 Å². The van der Waals surface area contributed by atoms with Crippen LogP contribution in [0.5, 0.6) is 0 Å². The Hall–Kier alpha value is -0.790. The third-order valence-corrected chi connectivity index (χ3v) is 2.50. The SMILES string of the molecule is CCCOC(=O)C=CC1CC1(C)C. The quantitative estimate of drug-likeness (QED) is 0.493. The lowest BCUT2D eigenvalue weighted by atomic mass is 10.1. The molecule has 0 radical (unpaired) electrons. The van der Waals surface area contributed by atoms with Gasteiger partial charge in [-0.05, 0) is 24.2 Å². The molecule has 0 bridgehead atoms. The molecule has 1 rings (SSSR count). The van der Waals surface area contributed by atoms with Gasteiger partial charge in [0.05, 0.1) is 6.61 Å². The summed E-state index contributed by atoms with van der Waals surface area (Å²) in [5.41, 5.74) is 0.404. The van der Waals surface area contributed by atoms with Gasteiger partial charge in [0.1, 0.15) is 0 Å². The summed E-state index contributed by atoms with van der Waals surface area (Å²) in [4.78, 5) is 11.0. The number of esters is 1. The van der Waals surface area contributed by atoms with Crippen LogP contribution in [0.4, 0.5) is 0 Å². The van der Waals surface area contributed by atoms with Crippen molar-refractivity contribution in [2.75, 3.05) is 6.61 Å². The zero-order chi connectivity index (χ0) is 9.90. The Labute approximate surface area is 80.0 Å². The van der Waals surface area contributed by atoms with E-state index >= 15 is 0 Å². The molecule has 0 aromatic rings. The van der Waals surface area contributed by atoms with E-state index in [1.165, 1.54) is 6.42 Å². The van der Waals surface area contributed by atoms with E-state index in [4.69, 9.17) is 4.74 Å². The summed E-state index contributed by atoms with van der Waals surface area (Å²) >= 11 is 0. The molecule has 0 amide bonds. The van der Waals surface area contributed by atoms with Crippen molar-refractivity contribution in [3.8, 4) is 0 Å². The average Bonchev–Trinajstić information content (AvgIpc) is 2.67. The van der Waals surface area contributed by atoms with Gasteiger partial charge in [-0.1, -0.05) is 26.8 Å². The van der Waals surface area contributed by atoms with Crippen molar-refractivity contribution < 1.29 is 9.53 Å². The lowest BCUT2D eigenvalue weighted by molar-refractivity contribution is -0.137. The van der Waals surface area contributed by atoms with Gasteiger partial charge in [0.25, 0.3) is 0 Å². The second-order valence-corrected chi connectivity index (χ2v) is 4.33. The van der Waals surface area contributed by atoms with Crippen LogP contribution in [0.3, 0.4) is 0 Å². The van der Waals surface area contributed by atoms with Crippen LogP contribution in [0.15, 0.2) is 12.2 Å². The fourth-order valence-corrected chi connectivity index (χ4v) is 1.28. The van der Waals surface area contributed by atoms with Gasteiger partial charge in [-0.15, -0.1) is 0 Å². The van der Waals surface area contributed by atoms with E-state index in [0.29, 0.717) is 17.9 Å². The summed E-state index contributed by atoms with van der Waals surface area (Å²) in [5.74, 6) is 0.367. The lowest BCUT2D eigenvalue weighted by Gasteiger charge is -1.98. The highest BCUT2D eigenvalue weighted by atomic mass is 16.5. The summed E-state index contributed by atoms with van der Waals surface area (Å²) in [6.45, 7) is 6.93. The number of ether oxygens (including phenoxy) is 1. The van der Waals surface area contributed by atoms with Crippen LogP contribution in [0.2, 0.25) is 0 Å². The smallest absolute Gasteiger partial charge is 0.330 e. The normalized spacial score (nSPS) is 24.7. The average molecular weight is 182 g/mol. The molecule has 0 aromatic heterocycles. The predicted molar refractivity (Wildman–Crippen MR) is 52.3 cm³/mol. The zero-order valence-corrected chi connectivity index (χ0v) is 8.67. The molecule has 13 heavy (non-hydrogen) atoms. The Morgan fingerprint density at radius 3 is 2.69 bits per heavy atom. The van der Waals surface area contributed by atoms with Gasteiger partial charge in [0.2, 0.25) is 0 Å². The molecule has 0 spiro atoms. The maximum atomic E-state index is 11.0. The summed E-state index contributed by atoms with van der Waals surface area (Å²) in [6, 6.07) is 0. The van der Waals surface area contributed by atoms with Crippen molar-refractivity contribution >= 4 is 5.97 Å². The standard InChI is InChI=1S/C11H18O2/c1-4-7-13-10(12)6-5-9-8-11(9,2)3/h5-6,9H,4,7-8H2,1-3H3. The van der Waals surface area contributed by atoms with Gasteiger partial charge in [0, 0.05) is 6.08 Å². The zero-order valence-electron chi connectivity index (χ0n) is 8.67. The first kappa shape index (κ1) is 10.3. The molecule has 0 saturated heterocycles. The molecular formula is C11H18O2. The van der Waals surface area contributed by atoms with E-state index in [1.807, 2.05) is 13.0 Å². The first-order valence-electron chi connectivity index (χ1n) is 4.91. The third kappa shape index (κ3) is 3.21. The second kappa shape index (κ2) is 3.95. The number of rotatable bonds is 4. The lowest BCUT2D eigenvalue weighted by Crippen LogP contribution is -2.01. The van der Waals surface area contributed by atoms with Crippen molar-refractivity contribution in [1.29, 1.82) is 0 Å². The van der Waals surface area contributed by atoms with E-state index < -0.39 is 0 Å². The van der Waals surface area contributed by atoms with E-state index in [0.717, 1.165) is 6.42 Å². The number of carbonyl (C=O) groups is 1. The minimum absolute atomic E-state index is 0.204. The highest BCUT2D eigenvalue weighted by molar-refractivity contribution is 5.82. The van der Waals surface area contributed by atoms with Gasteiger partial charge in [-0.3, -0.25) is 0 Å². The molecule has 0 N–H and O–H groups in total. The minimum atomic E-state index is -0.204. The number of hydrogen-bond donors (Lipinski definition) is 0. The summed E-state index contributed by atoms with van der Waals surface area (Å²) in [5, 5.41) is 0. The highest BCUT2D eigenvalue weighted by Gasteiger charge is 2.43. The van der Waals surface area contributed by atoms with Crippen molar-refractivity contribution in [3.63, 3.8) is 0 Å². The van der Waals surface area contributed by atoms with Crippen molar-refractivity contribution in [3.05, 3.63) is 12.2 Å². The van der Waals surface area contributed by atoms with E-state index in [1.54, 1.807) is 6.08 Å². The molecule has 2 nitrogen and oxygen atoms in total. The number of hydrogen-bond acceptors (Lipinski definition) is 2. The summed E-state index contributed by atoms with van der Waals surface area (Å²) in [7, 11) is 0. The molecule has 2 heteroatoms. The van der Waals surface area contributed by atoms with E-state index in [2.05, 4.69) is 13.8 Å². The highest BCUT2D eigenvalue weighted by Crippen LogP contribution is 2.52. The molecule has 1 unspecified atom stereocenters. The third-order valence-electron chi connectivity index (χ3n) is 2.50. The van der Waals surface area contributed by atoms with Crippen molar-refractivity contribution in [1.82, 2.24) is 0 Å². The first-order valence-corrected chi connectivity index (χ1v) is 4.91. The molecule has 0 aliphatic heterocycles. The number of allylic oxidation sites excluding steroid dienone is 1. The Morgan fingerprint density at radius 2 is 2.23 bits per heavy atom. The van der Waals surface area contributed by atoms with Crippen LogP contribution in [-0.2, 0) is 9.53 Å². The summed E-state index contributed by atoms with van der Waals surface area (Å²) < 4.78 is 4.91. The van der Waals surface area contributed by atoms with Crippen LogP contribution in [0, 0.1) is 11.3 Å². The second-order valence-electron chi connectivity index (χ2n) is 4.33. The van der Waals surface area contributed by atoms with Gasteiger partial charge < -0.3 is 4.74 Å². The fraction of sp³-hybridized carbons (Fsp3) is 0.727. The van der Waals surface area contributed by atoms with Crippen LogP contribution in [0.1, 0.15) is 33.6 Å². The first-order chi connectivity index (χ1) is 6.06. The molecule has 1 aliphatic rings. The largest absolute Gasteiger partial charge is 0.463 e. The number of carbonyl (C=O) groups excluding carboxylic acids is 1. The Balaban J connectivity index is 2.21. The van der Waals surface area contributed by atoms with Gasteiger partial charge in [-0.2, -0.15) is 0 Å².